The van der Waals surface area contributed by atoms with Gasteiger partial charge in [-0.1, -0.05) is 0 Å². The Morgan fingerprint density at radius 2 is 2.10 bits per heavy atom. The van der Waals surface area contributed by atoms with Gasteiger partial charge in [0.05, 0.1) is 5.41 Å². The molecule has 0 bridgehead atoms. The molecule has 9 heteroatoms. The van der Waals surface area contributed by atoms with Crippen molar-refractivity contribution in [2.45, 2.75) is 25.4 Å². The van der Waals surface area contributed by atoms with Gasteiger partial charge in [0.2, 0.25) is 5.88 Å². The van der Waals surface area contributed by atoms with Gasteiger partial charge in [-0.25, -0.2) is 4.79 Å². The van der Waals surface area contributed by atoms with Crippen LogP contribution >= 0.6 is 0 Å². The molecule has 1 aromatic heterocycles. The Balaban J connectivity index is 1.85. The summed E-state index contributed by atoms with van der Waals surface area (Å²) in [4.78, 5) is 22.0. The van der Waals surface area contributed by atoms with Crippen LogP contribution in [0.4, 0.5) is 18.0 Å². The summed E-state index contributed by atoms with van der Waals surface area (Å²) in [7, 11) is 0. The summed E-state index contributed by atoms with van der Waals surface area (Å²) in [6.45, 7) is -0.561. The third-order valence-electron chi connectivity index (χ3n) is 3.13. The maximum atomic E-state index is 12.6. The van der Waals surface area contributed by atoms with Crippen molar-refractivity contribution in [1.29, 1.82) is 0 Å². The molecule has 1 heterocycles. The second-order valence-electron chi connectivity index (χ2n) is 4.66. The predicted molar refractivity (Wildman–Crippen MR) is 58.5 cm³/mol. The first kappa shape index (κ1) is 14.4. The highest BCUT2D eigenvalue weighted by Crippen LogP contribution is 2.59. The molecule has 0 aromatic carbocycles. The Labute approximate surface area is 111 Å². The number of Topliss-reactive ketones (excluding diaryl/α,β-unsaturated/α-hetero) is 1. The van der Waals surface area contributed by atoms with Crippen LogP contribution in [0.15, 0.2) is 12.3 Å². The zero-order chi connectivity index (χ0) is 15.0. The fraction of sp³-hybridized carbons (Fsp3) is 0.545. The molecule has 0 amide bonds. The molecular formula is C11H11F3N2O4. The molecule has 2 rings (SSSR count). The van der Waals surface area contributed by atoms with Gasteiger partial charge in [0.1, 0.15) is 6.61 Å². The highest BCUT2D eigenvalue weighted by atomic mass is 19.4. The molecule has 0 spiro atoms. The quantitative estimate of drug-likeness (QED) is 0.898. The molecule has 0 unspecified atom stereocenters. The molecule has 6 nitrogen and oxygen atoms in total. The average Bonchev–Trinajstić information content (AvgIpc) is 2.96. The monoisotopic (exact) mass is 292 g/mol. The SMILES string of the molecule is O=C(COc1ccn(C(=O)O)n1)CC1(C(F)(F)F)CC1. The lowest BCUT2D eigenvalue weighted by Crippen LogP contribution is -2.29. The fourth-order valence-electron chi connectivity index (χ4n) is 1.78. The van der Waals surface area contributed by atoms with E-state index >= 15 is 0 Å². The number of carbonyl (C=O) groups is 2. The number of hydrogen-bond donors (Lipinski definition) is 1. The summed E-state index contributed by atoms with van der Waals surface area (Å²) in [5, 5.41) is 12.0. The molecule has 1 aliphatic rings. The van der Waals surface area contributed by atoms with E-state index in [0.29, 0.717) is 4.68 Å². The van der Waals surface area contributed by atoms with Crippen LogP contribution in [0, 0.1) is 5.41 Å². The topological polar surface area (TPSA) is 81.4 Å². The summed E-state index contributed by atoms with van der Waals surface area (Å²) in [5.74, 6) is -0.817. The average molecular weight is 292 g/mol. The smallest absolute Gasteiger partial charge is 0.432 e. The van der Waals surface area contributed by atoms with Gasteiger partial charge < -0.3 is 9.84 Å². The normalized spacial score (nSPS) is 16.8. The van der Waals surface area contributed by atoms with E-state index in [2.05, 4.69) is 5.10 Å². The zero-order valence-electron chi connectivity index (χ0n) is 10.2. The van der Waals surface area contributed by atoms with Gasteiger partial charge in [0.15, 0.2) is 5.78 Å². The van der Waals surface area contributed by atoms with Gasteiger partial charge >= 0.3 is 12.3 Å². The predicted octanol–water partition coefficient (Wildman–Crippen LogP) is 2.09. The molecule has 0 saturated heterocycles. The van der Waals surface area contributed by atoms with Crippen molar-refractivity contribution >= 4 is 11.9 Å². The summed E-state index contributed by atoms with van der Waals surface area (Å²) < 4.78 is 43.4. The molecule has 1 fully saturated rings. The number of nitrogens with zero attached hydrogens (tertiary/aromatic N) is 2. The maximum absolute atomic E-state index is 12.6. The Morgan fingerprint density at radius 3 is 2.55 bits per heavy atom. The van der Waals surface area contributed by atoms with Crippen LogP contribution < -0.4 is 4.74 Å². The lowest BCUT2D eigenvalue weighted by molar-refractivity contribution is -0.190. The van der Waals surface area contributed by atoms with E-state index in [-0.39, 0.29) is 18.7 Å². The largest absolute Gasteiger partial charge is 0.469 e. The number of hydrogen-bond acceptors (Lipinski definition) is 4. The van der Waals surface area contributed by atoms with Crippen LogP contribution in [0.25, 0.3) is 0 Å². The lowest BCUT2D eigenvalue weighted by Gasteiger charge is -2.17. The first-order valence-electron chi connectivity index (χ1n) is 5.74. The number of ketones is 1. The summed E-state index contributed by atoms with van der Waals surface area (Å²) >= 11 is 0. The maximum Gasteiger partial charge on any atom is 0.432 e. The zero-order valence-corrected chi connectivity index (χ0v) is 10.2. The summed E-state index contributed by atoms with van der Waals surface area (Å²) in [6.07, 6.45) is -5.32. The molecular weight excluding hydrogens is 281 g/mol. The van der Waals surface area contributed by atoms with Crippen molar-refractivity contribution in [2.24, 2.45) is 5.41 Å². The van der Waals surface area contributed by atoms with E-state index in [9.17, 15) is 22.8 Å². The van der Waals surface area contributed by atoms with Crippen LogP contribution in [0.5, 0.6) is 5.88 Å². The molecule has 1 N–H and O–H groups in total. The number of alkyl halides is 3. The number of rotatable bonds is 5. The van der Waals surface area contributed by atoms with Crippen molar-refractivity contribution in [1.82, 2.24) is 9.78 Å². The number of carboxylic acid groups (broad SMARTS) is 1. The second-order valence-corrected chi connectivity index (χ2v) is 4.66. The first-order chi connectivity index (χ1) is 9.23. The number of carbonyl (C=O) groups excluding carboxylic acids is 1. The van der Waals surface area contributed by atoms with Gasteiger partial charge in [-0.3, -0.25) is 4.79 Å². The Hall–Kier alpha value is -2.06. The van der Waals surface area contributed by atoms with E-state index in [1.165, 1.54) is 6.07 Å². The first-order valence-corrected chi connectivity index (χ1v) is 5.74. The van der Waals surface area contributed by atoms with Gasteiger partial charge in [0.25, 0.3) is 0 Å². The van der Waals surface area contributed by atoms with Crippen LogP contribution in [0.1, 0.15) is 19.3 Å². The van der Waals surface area contributed by atoms with E-state index in [1.807, 2.05) is 0 Å². The molecule has 1 aliphatic carbocycles. The van der Waals surface area contributed by atoms with Crippen LogP contribution in [0.2, 0.25) is 0 Å². The highest BCUT2D eigenvalue weighted by Gasteiger charge is 2.63. The molecule has 0 atom stereocenters. The third kappa shape index (κ3) is 2.91. The van der Waals surface area contributed by atoms with Crippen molar-refractivity contribution in [2.75, 3.05) is 6.61 Å². The molecule has 110 valence electrons. The lowest BCUT2D eigenvalue weighted by atomic mass is 9.99. The Morgan fingerprint density at radius 1 is 1.45 bits per heavy atom. The van der Waals surface area contributed by atoms with E-state index < -0.39 is 36.5 Å². The van der Waals surface area contributed by atoms with Crippen LogP contribution in [-0.4, -0.2) is 39.5 Å². The van der Waals surface area contributed by atoms with Crippen molar-refractivity contribution < 1.29 is 32.6 Å². The Kier molecular flexibility index (Phi) is 3.45. The van der Waals surface area contributed by atoms with E-state index in [0.717, 1.165) is 6.20 Å². The molecule has 0 radical (unpaired) electrons. The molecule has 20 heavy (non-hydrogen) atoms. The minimum Gasteiger partial charge on any atom is -0.469 e. The van der Waals surface area contributed by atoms with Crippen molar-refractivity contribution in [3.05, 3.63) is 12.3 Å². The van der Waals surface area contributed by atoms with Gasteiger partial charge in [0, 0.05) is 18.7 Å². The van der Waals surface area contributed by atoms with E-state index in [1.54, 1.807) is 0 Å². The van der Waals surface area contributed by atoms with Crippen LogP contribution in [-0.2, 0) is 4.79 Å². The third-order valence-corrected chi connectivity index (χ3v) is 3.13. The van der Waals surface area contributed by atoms with Crippen LogP contribution in [0.3, 0.4) is 0 Å². The Bertz CT molecular complexity index is 534. The minimum absolute atomic E-state index is 0.0458. The molecule has 0 aliphatic heterocycles. The number of halogens is 3. The molecule has 1 aromatic rings. The highest BCUT2D eigenvalue weighted by molar-refractivity contribution is 5.81. The number of ether oxygens (including phenoxy) is 1. The standard InChI is InChI=1S/C11H11F3N2O4/c12-11(13,14)10(2-3-10)5-7(17)6-20-8-1-4-16(15-8)9(18)19/h1,4H,2-3,5-6H2,(H,18,19). The van der Waals surface area contributed by atoms with Gasteiger partial charge in [-0.15, -0.1) is 5.10 Å². The number of aromatic nitrogens is 2. The summed E-state index contributed by atoms with van der Waals surface area (Å²) in [5.41, 5.74) is -1.89. The fourth-order valence-corrected chi connectivity index (χ4v) is 1.78. The van der Waals surface area contributed by atoms with Gasteiger partial charge in [-0.05, 0) is 12.8 Å². The van der Waals surface area contributed by atoms with Crippen molar-refractivity contribution in [3.8, 4) is 5.88 Å². The van der Waals surface area contributed by atoms with Crippen molar-refractivity contribution in [3.63, 3.8) is 0 Å². The molecule has 1 saturated carbocycles. The second kappa shape index (κ2) is 4.80. The van der Waals surface area contributed by atoms with Gasteiger partial charge in [-0.2, -0.15) is 17.9 Å². The summed E-state index contributed by atoms with van der Waals surface area (Å²) in [6, 6.07) is 1.21. The minimum atomic E-state index is -4.38. The van der Waals surface area contributed by atoms with E-state index in [4.69, 9.17) is 9.84 Å².